The van der Waals surface area contributed by atoms with E-state index in [9.17, 15) is 17.6 Å². The molecule has 2 aromatic rings. The monoisotopic (exact) mass is 295 g/mol. The Morgan fingerprint density at radius 1 is 0.905 bits per heavy atom. The first kappa shape index (κ1) is 14.1. The summed E-state index contributed by atoms with van der Waals surface area (Å²) in [6, 6.07) is 6.28. The molecular weight excluding hydrogens is 282 g/mol. The summed E-state index contributed by atoms with van der Waals surface area (Å²) in [5, 5.41) is 3.20. The van der Waals surface area contributed by atoms with E-state index in [2.05, 4.69) is 5.32 Å². The minimum atomic E-state index is -1.52. The van der Waals surface area contributed by atoms with Gasteiger partial charge in [-0.15, -0.1) is 0 Å². The maximum absolute atomic E-state index is 13.9. The van der Waals surface area contributed by atoms with Gasteiger partial charge in [0.15, 0.2) is 17.5 Å². The Morgan fingerprint density at radius 2 is 1.62 bits per heavy atom. The smallest absolute Gasteiger partial charge is 0.195 e. The van der Waals surface area contributed by atoms with Crippen molar-refractivity contribution in [2.45, 2.75) is 25.4 Å². The molecule has 2 aromatic carbocycles. The van der Waals surface area contributed by atoms with E-state index in [0.717, 1.165) is 18.9 Å². The van der Waals surface area contributed by atoms with Crippen LogP contribution < -0.4 is 5.32 Å². The lowest BCUT2D eigenvalue weighted by atomic mass is 9.98. The fourth-order valence-corrected chi connectivity index (χ4v) is 2.25. The van der Waals surface area contributed by atoms with Gasteiger partial charge in [-0.1, -0.05) is 6.07 Å². The predicted octanol–water partition coefficient (Wildman–Crippen LogP) is 4.16. The van der Waals surface area contributed by atoms with Crippen LogP contribution in [0.25, 0.3) is 11.1 Å². The molecule has 1 N–H and O–H groups in total. The number of halogens is 4. The molecule has 5 heteroatoms. The van der Waals surface area contributed by atoms with Gasteiger partial charge in [0.1, 0.15) is 5.82 Å². The van der Waals surface area contributed by atoms with Crippen LogP contribution in [-0.2, 0) is 6.54 Å². The summed E-state index contributed by atoms with van der Waals surface area (Å²) < 4.78 is 53.7. The number of hydrogen-bond acceptors (Lipinski definition) is 1. The van der Waals surface area contributed by atoms with E-state index in [0.29, 0.717) is 23.7 Å². The van der Waals surface area contributed by atoms with Crippen molar-refractivity contribution in [2.75, 3.05) is 0 Å². The standard InChI is InChI=1S/C16H13F4N/c17-10-1-4-12(9(7-10)8-21-11-2-3-11)13-5-6-14(18)16(20)15(13)19/h1,4-7,11,21H,2-3,8H2. The van der Waals surface area contributed by atoms with E-state index in [4.69, 9.17) is 0 Å². The van der Waals surface area contributed by atoms with Gasteiger partial charge in [-0.2, -0.15) is 0 Å². The average Bonchev–Trinajstić information content (AvgIpc) is 3.28. The second kappa shape index (κ2) is 5.48. The van der Waals surface area contributed by atoms with Crippen molar-refractivity contribution in [3.63, 3.8) is 0 Å². The number of rotatable bonds is 4. The van der Waals surface area contributed by atoms with Gasteiger partial charge in [0.2, 0.25) is 0 Å². The maximum Gasteiger partial charge on any atom is 0.195 e. The third-order valence-corrected chi connectivity index (χ3v) is 3.55. The summed E-state index contributed by atoms with van der Waals surface area (Å²) in [4.78, 5) is 0. The SMILES string of the molecule is Fc1ccc(-c2ccc(F)c(F)c2F)c(CNC2CC2)c1. The van der Waals surface area contributed by atoms with Crippen molar-refractivity contribution in [1.82, 2.24) is 5.32 Å². The lowest BCUT2D eigenvalue weighted by molar-refractivity contribution is 0.449. The molecular formula is C16H13F4N. The summed E-state index contributed by atoms with van der Waals surface area (Å²) in [6.07, 6.45) is 2.12. The van der Waals surface area contributed by atoms with Gasteiger partial charge in [-0.05, 0) is 48.2 Å². The highest BCUT2D eigenvalue weighted by atomic mass is 19.2. The predicted molar refractivity (Wildman–Crippen MR) is 71.6 cm³/mol. The van der Waals surface area contributed by atoms with Gasteiger partial charge < -0.3 is 5.32 Å². The minimum absolute atomic E-state index is 0.0681. The van der Waals surface area contributed by atoms with E-state index in [-0.39, 0.29) is 5.56 Å². The van der Waals surface area contributed by atoms with E-state index in [1.54, 1.807) is 0 Å². The Labute approximate surface area is 119 Å². The molecule has 0 saturated heterocycles. The molecule has 0 aromatic heterocycles. The van der Waals surface area contributed by atoms with E-state index >= 15 is 0 Å². The van der Waals surface area contributed by atoms with Gasteiger partial charge in [0.05, 0.1) is 0 Å². The number of nitrogens with one attached hydrogen (secondary N) is 1. The van der Waals surface area contributed by atoms with Crippen LogP contribution in [0.5, 0.6) is 0 Å². The minimum Gasteiger partial charge on any atom is -0.310 e. The number of hydrogen-bond donors (Lipinski definition) is 1. The Kier molecular flexibility index (Phi) is 3.68. The zero-order chi connectivity index (χ0) is 15.0. The molecule has 1 aliphatic rings. The first-order valence-corrected chi connectivity index (χ1v) is 6.72. The van der Waals surface area contributed by atoms with Gasteiger partial charge in [0, 0.05) is 18.2 Å². The molecule has 1 aliphatic carbocycles. The summed E-state index contributed by atoms with van der Waals surface area (Å²) in [6.45, 7) is 0.357. The summed E-state index contributed by atoms with van der Waals surface area (Å²) >= 11 is 0. The molecule has 0 radical (unpaired) electrons. The Morgan fingerprint density at radius 3 is 2.33 bits per heavy atom. The van der Waals surface area contributed by atoms with Crippen LogP contribution in [0, 0.1) is 23.3 Å². The fourth-order valence-electron chi connectivity index (χ4n) is 2.25. The quantitative estimate of drug-likeness (QED) is 0.659. The molecule has 0 amide bonds. The molecule has 110 valence electrons. The summed E-state index contributed by atoms with van der Waals surface area (Å²) in [5.41, 5.74) is 0.814. The molecule has 3 rings (SSSR count). The Hall–Kier alpha value is -1.88. The summed E-state index contributed by atoms with van der Waals surface area (Å²) in [7, 11) is 0. The highest BCUT2D eigenvalue weighted by Gasteiger charge is 2.22. The van der Waals surface area contributed by atoms with Gasteiger partial charge in [-0.25, -0.2) is 17.6 Å². The van der Waals surface area contributed by atoms with Gasteiger partial charge in [0.25, 0.3) is 0 Å². The molecule has 21 heavy (non-hydrogen) atoms. The molecule has 0 spiro atoms. The zero-order valence-corrected chi connectivity index (χ0v) is 11.1. The first-order chi connectivity index (χ1) is 10.1. The molecule has 0 aliphatic heterocycles. The van der Waals surface area contributed by atoms with Gasteiger partial charge in [-0.3, -0.25) is 0 Å². The second-order valence-corrected chi connectivity index (χ2v) is 5.18. The first-order valence-electron chi connectivity index (χ1n) is 6.72. The molecule has 0 bridgehead atoms. The fraction of sp³-hybridized carbons (Fsp3) is 0.250. The van der Waals surface area contributed by atoms with Crippen molar-refractivity contribution in [3.05, 3.63) is 59.2 Å². The molecule has 1 fully saturated rings. The van der Waals surface area contributed by atoms with Crippen molar-refractivity contribution in [1.29, 1.82) is 0 Å². The van der Waals surface area contributed by atoms with Crippen LogP contribution in [0.1, 0.15) is 18.4 Å². The number of benzene rings is 2. The molecule has 0 atom stereocenters. The van der Waals surface area contributed by atoms with Gasteiger partial charge >= 0.3 is 0 Å². The lowest BCUT2D eigenvalue weighted by Crippen LogP contribution is -2.16. The maximum atomic E-state index is 13.9. The van der Waals surface area contributed by atoms with Crippen LogP contribution >= 0.6 is 0 Å². The van der Waals surface area contributed by atoms with E-state index in [1.807, 2.05) is 0 Å². The van der Waals surface area contributed by atoms with E-state index < -0.39 is 23.3 Å². The molecule has 1 nitrogen and oxygen atoms in total. The highest BCUT2D eigenvalue weighted by molar-refractivity contribution is 5.68. The Bertz CT molecular complexity index is 680. The molecule has 0 heterocycles. The lowest BCUT2D eigenvalue weighted by Gasteiger charge is -2.12. The van der Waals surface area contributed by atoms with Crippen molar-refractivity contribution >= 4 is 0 Å². The third kappa shape index (κ3) is 2.93. The second-order valence-electron chi connectivity index (χ2n) is 5.18. The van der Waals surface area contributed by atoms with Crippen LogP contribution in [0.3, 0.4) is 0 Å². The van der Waals surface area contributed by atoms with Crippen molar-refractivity contribution in [3.8, 4) is 11.1 Å². The molecule has 1 saturated carbocycles. The average molecular weight is 295 g/mol. The topological polar surface area (TPSA) is 12.0 Å². The summed E-state index contributed by atoms with van der Waals surface area (Å²) in [5.74, 6) is -4.46. The van der Waals surface area contributed by atoms with Crippen LogP contribution in [-0.4, -0.2) is 6.04 Å². The van der Waals surface area contributed by atoms with Crippen LogP contribution in [0.4, 0.5) is 17.6 Å². The Balaban J connectivity index is 2.02. The van der Waals surface area contributed by atoms with Crippen LogP contribution in [0.15, 0.2) is 30.3 Å². The zero-order valence-electron chi connectivity index (χ0n) is 11.1. The largest absolute Gasteiger partial charge is 0.310 e. The van der Waals surface area contributed by atoms with Crippen LogP contribution in [0.2, 0.25) is 0 Å². The van der Waals surface area contributed by atoms with Crippen molar-refractivity contribution in [2.24, 2.45) is 0 Å². The highest BCUT2D eigenvalue weighted by Crippen LogP contribution is 2.30. The molecule has 0 unspecified atom stereocenters. The van der Waals surface area contributed by atoms with Crippen molar-refractivity contribution < 1.29 is 17.6 Å². The van der Waals surface area contributed by atoms with E-state index in [1.165, 1.54) is 24.3 Å². The normalized spacial score (nSPS) is 14.5. The third-order valence-electron chi connectivity index (χ3n) is 3.55.